The Morgan fingerprint density at radius 2 is 2.00 bits per heavy atom. The molecule has 19 heavy (non-hydrogen) atoms. The molecule has 1 rings (SSSR count). The van der Waals surface area contributed by atoms with Crippen LogP contribution in [0.1, 0.15) is 25.3 Å². The Morgan fingerprint density at radius 1 is 1.21 bits per heavy atom. The van der Waals surface area contributed by atoms with Gasteiger partial charge in [-0.2, -0.15) is 0 Å². The molecule has 4 heteroatoms. The van der Waals surface area contributed by atoms with E-state index in [9.17, 15) is 0 Å². The van der Waals surface area contributed by atoms with Crippen molar-refractivity contribution in [1.82, 2.24) is 5.32 Å². The monoisotopic (exact) mass is 266 g/mol. The summed E-state index contributed by atoms with van der Waals surface area (Å²) >= 11 is 0. The van der Waals surface area contributed by atoms with Gasteiger partial charge in [-0.25, -0.2) is 0 Å². The molecule has 0 aliphatic rings. The zero-order chi connectivity index (χ0) is 14.1. The molecule has 0 fully saturated rings. The fourth-order valence-electron chi connectivity index (χ4n) is 1.97. The molecule has 4 nitrogen and oxygen atoms in total. The average Bonchev–Trinajstić information content (AvgIpc) is 2.42. The van der Waals surface area contributed by atoms with E-state index in [1.165, 1.54) is 5.56 Å². The molecule has 3 N–H and O–H groups in total. The molecule has 0 aromatic heterocycles. The fourth-order valence-corrected chi connectivity index (χ4v) is 1.97. The van der Waals surface area contributed by atoms with Gasteiger partial charge in [0, 0.05) is 6.04 Å². The molecule has 1 aromatic rings. The van der Waals surface area contributed by atoms with Gasteiger partial charge in [0.25, 0.3) is 0 Å². The van der Waals surface area contributed by atoms with Crippen molar-refractivity contribution in [3.05, 3.63) is 23.8 Å². The number of benzene rings is 1. The highest BCUT2D eigenvalue weighted by molar-refractivity contribution is 5.40. The molecule has 0 saturated carbocycles. The van der Waals surface area contributed by atoms with Crippen LogP contribution in [0.2, 0.25) is 0 Å². The average molecular weight is 266 g/mol. The predicted octanol–water partition coefficient (Wildman–Crippen LogP) is 1.96. The normalized spacial score (nSPS) is 12.2. The molecular formula is C15H26N2O2. The van der Waals surface area contributed by atoms with Crippen molar-refractivity contribution >= 4 is 0 Å². The lowest BCUT2D eigenvalue weighted by molar-refractivity contribution is 0.398. The van der Waals surface area contributed by atoms with E-state index in [4.69, 9.17) is 15.2 Å². The van der Waals surface area contributed by atoms with Crippen LogP contribution < -0.4 is 20.5 Å². The van der Waals surface area contributed by atoms with Crippen molar-refractivity contribution < 1.29 is 9.47 Å². The minimum absolute atomic E-state index is 0.292. The van der Waals surface area contributed by atoms with E-state index in [0.717, 1.165) is 43.9 Å². The van der Waals surface area contributed by atoms with E-state index in [1.807, 2.05) is 25.1 Å². The molecule has 108 valence electrons. The van der Waals surface area contributed by atoms with Gasteiger partial charge in [0.05, 0.1) is 14.2 Å². The van der Waals surface area contributed by atoms with E-state index in [0.29, 0.717) is 6.04 Å². The van der Waals surface area contributed by atoms with Gasteiger partial charge in [0.2, 0.25) is 0 Å². The molecule has 0 radical (unpaired) electrons. The SMILES string of the molecule is COc1ccc(OC)c(CCNCCCC(C)N)c1. The summed E-state index contributed by atoms with van der Waals surface area (Å²) in [6.45, 7) is 3.98. The minimum atomic E-state index is 0.292. The lowest BCUT2D eigenvalue weighted by atomic mass is 10.1. The van der Waals surface area contributed by atoms with Gasteiger partial charge in [0.15, 0.2) is 0 Å². The molecule has 1 unspecified atom stereocenters. The summed E-state index contributed by atoms with van der Waals surface area (Å²) < 4.78 is 10.6. The maximum Gasteiger partial charge on any atom is 0.122 e. The summed E-state index contributed by atoms with van der Waals surface area (Å²) in [5.74, 6) is 1.78. The van der Waals surface area contributed by atoms with Crippen molar-refractivity contribution in [2.45, 2.75) is 32.2 Å². The smallest absolute Gasteiger partial charge is 0.122 e. The highest BCUT2D eigenvalue weighted by Gasteiger charge is 2.04. The minimum Gasteiger partial charge on any atom is -0.497 e. The Morgan fingerprint density at radius 3 is 2.63 bits per heavy atom. The van der Waals surface area contributed by atoms with E-state index in [1.54, 1.807) is 14.2 Å². The van der Waals surface area contributed by atoms with Crippen LogP contribution in [-0.4, -0.2) is 33.4 Å². The van der Waals surface area contributed by atoms with Crippen LogP contribution in [-0.2, 0) is 6.42 Å². The molecule has 0 saturated heterocycles. The number of nitrogens with two attached hydrogens (primary N) is 1. The Balaban J connectivity index is 2.35. The number of hydrogen-bond acceptors (Lipinski definition) is 4. The van der Waals surface area contributed by atoms with Gasteiger partial charge in [-0.1, -0.05) is 0 Å². The first-order chi connectivity index (χ1) is 9.17. The van der Waals surface area contributed by atoms with E-state index < -0.39 is 0 Å². The molecule has 0 bridgehead atoms. The number of rotatable bonds is 9. The third-order valence-electron chi connectivity index (χ3n) is 3.07. The third kappa shape index (κ3) is 5.94. The van der Waals surface area contributed by atoms with Gasteiger partial charge in [0.1, 0.15) is 11.5 Å². The van der Waals surface area contributed by atoms with Crippen molar-refractivity contribution in [2.75, 3.05) is 27.3 Å². The first kappa shape index (κ1) is 15.8. The van der Waals surface area contributed by atoms with Crippen LogP contribution in [0.4, 0.5) is 0 Å². The fraction of sp³-hybridized carbons (Fsp3) is 0.600. The van der Waals surface area contributed by atoms with Gasteiger partial charge in [-0.3, -0.25) is 0 Å². The van der Waals surface area contributed by atoms with Crippen LogP contribution >= 0.6 is 0 Å². The van der Waals surface area contributed by atoms with Crippen LogP contribution in [0.5, 0.6) is 11.5 Å². The predicted molar refractivity (Wildman–Crippen MR) is 79.0 cm³/mol. The number of methoxy groups -OCH3 is 2. The zero-order valence-electron chi connectivity index (χ0n) is 12.2. The second-order valence-corrected chi connectivity index (χ2v) is 4.80. The third-order valence-corrected chi connectivity index (χ3v) is 3.07. The molecule has 0 amide bonds. The lowest BCUT2D eigenvalue weighted by Gasteiger charge is -2.11. The zero-order valence-corrected chi connectivity index (χ0v) is 12.2. The van der Waals surface area contributed by atoms with Crippen molar-refractivity contribution in [1.29, 1.82) is 0 Å². The second-order valence-electron chi connectivity index (χ2n) is 4.80. The molecule has 1 aromatic carbocycles. The molecule has 1 atom stereocenters. The summed E-state index contributed by atoms with van der Waals surface area (Å²) in [5.41, 5.74) is 6.88. The van der Waals surface area contributed by atoms with E-state index in [2.05, 4.69) is 5.32 Å². The standard InChI is InChI=1S/C15H26N2O2/c1-12(16)5-4-9-17-10-8-13-11-14(18-2)6-7-15(13)19-3/h6-7,11-12,17H,4-5,8-10,16H2,1-3H3. The topological polar surface area (TPSA) is 56.5 Å². The Labute approximate surface area is 116 Å². The summed E-state index contributed by atoms with van der Waals surface area (Å²) in [5, 5.41) is 3.43. The van der Waals surface area contributed by atoms with Crippen LogP contribution in [0.25, 0.3) is 0 Å². The maximum absolute atomic E-state index is 5.71. The first-order valence-corrected chi connectivity index (χ1v) is 6.84. The number of ether oxygens (including phenoxy) is 2. The van der Waals surface area contributed by atoms with Crippen LogP contribution in [0.3, 0.4) is 0 Å². The summed E-state index contributed by atoms with van der Waals surface area (Å²) in [6.07, 6.45) is 3.11. The lowest BCUT2D eigenvalue weighted by Crippen LogP contribution is -2.22. The number of hydrogen-bond donors (Lipinski definition) is 2. The largest absolute Gasteiger partial charge is 0.497 e. The van der Waals surface area contributed by atoms with Crippen LogP contribution in [0.15, 0.2) is 18.2 Å². The second kappa shape index (κ2) is 8.77. The molecular weight excluding hydrogens is 240 g/mol. The summed E-state index contributed by atoms with van der Waals surface area (Å²) in [7, 11) is 3.37. The maximum atomic E-state index is 5.71. The van der Waals surface area contributed by atoms with Crippen molar-refractivity contribution in [3.8, 4) is 11.5 Å². The molecule has 0 heterocycles. The van der Waals surface area contributed by atoms with E-state index >= 15 is 0 Å². The van der Waals surface area contributed by atoms with Crippen LogP contribution in [0, 0.1) is 0 Å². The molecule has 0 aliphatic carbocycles. The van der Waals surface area contributed by atoms with Gasteiger partial charge in [-0.05, 0) is 63.0 Å². The van der Waals surface area contributed by atoms with Gasteiger partial charge < -0.3 is 20.5 Å². The summed E-state index contributed by atoms with van der Waals surface area (Å²) in [4.78, 5) is 0. The van der Waals surface area contributed by atoms with Crippen molar-refractivity contribution in [3.63, 3.8) is 0 Å². The highest BCUT2D eigenvalue weighted by atomic mass is 16.5. The van der Waals surface area contributed by atoms with Gasteiger partial charge >= 0.3 is 0 Å². The Kier molecular flexibility index (Phi) is 7.30. The molecule has 0 aliphatic heterocycles. The van der Waals surface area contributed by atoms with E-state index in [-0.39, 0.29) is 0 Å². The Hall–Kier alpha value is -1.26. The highest BCUT2D eigenvalue weighted by Crippen LogP contribution is 2.24. The summed E-state index contributed by atoms with van der Waals surface area (Å²) in [6, 6.07) is 6.19. The first-order valence-electron chi connectivity index (χ1n) is 6.84. The number of nitrogens with one attached hydrogen (secondary N) is 1. The quantitative estimate of drug-likeness (QED) is 0.671. The Bertz CT molecular complexity index is 367. The molecule has 0 spiro atoms. The van der Waals surface area contributed by atoms with Crippen molar-refractivity contribution in [2.24, 2.45) is 5.73 Å². The van der Waals surface area contributed by atoms with Gasteiger partial charge in [-0.15, -0.1) is 0 Å².